The quantitative estimate of drug-likeness (QED) is 0.937. The fourth-order valence-corrected chi connectivity index (χ4v) is 4.25. The second-order valence-corrected chi connectivity index (χ2v) is 6.40. The van der Waals surface area contributed by atoms with E-state index in [4.69, 9.17) is 9.47 Å². The molecule has 0 amide bonds. The first kappa shape index (κ1) is 14.4. The van der Waals surface area contributed by atoms with Crippen molar-refractivity contribution < 1.29 is 9.47 Å². The van der Waals surface area contributed by atoms with Crippen LogP contribution in [-0.4, -0.2) is 27.3 Å². The van der Waals surface area contributed by atoms with Crippen LogP contribution >= 0.6 is 11.3 Å². The van der Waals surface area contributed by atoms with Crippen molar-refractivity contribution in [2.45, 2.75) is 18.8 Å². The maximum atomic E-state index is 5.44. The maximum Gasteiger partial charge on any atom is 0.160 e. The molecule has 21 heavy (non-hydrogen) atoms. The molecule has 1 aromatic carbocycles. The van der Waals surface area contributed by atoms with E-state index < -0.39 is 0 Å². The average Bonchev–Trinajstić information content (AvgIpc) is 3.14. The first-order valence-corrected chi connectivity index (χ1v) is 8.09. The molecule has 0 saturated carbocycles. The van der Waals surface area contributed by atoms with Gasteiger partial charge >= 0.3 is 0 Å². The summed E-state index contributed by atoms with van der Waals surface area (Å²) in [6.07, 6.45) is 0. The number of rotatable bonds is 4. The fraction of sp³-hybridized carbons (Fsp3) is 0.412. The normalized spacial score (nSPS) is 21.5. The van der Waals surface area contributed by atoms with Gasteiger partial charge in [0.25, 0.3) is 0 Å². The number of hydrogen-bond acceptors (Lipinski definition) is 4. The maximum absolute atomic E-state index is 5.44. The summed E-state index contributed by atoms with van der Waals surface area (Å²) in [6, 6.07) is 8.50. The van der Waals surface area contributed by atoms with E-state index in [1.165, 1.54) is 16.0 Å². The molecule has 2 atom stereocenters. The van der Waals surface area contributed by atoms with Crippen LogP contribution in [0.2, 0.25) is 0 Å². The Labute approximate surface area is 129 Å². The molecule has 1 aliphatic rings. The van der Waals surface area contributed by atoms with Crippen molar-refractivity contribution in [1.29, 1.82) is 0 Å². The molecule has 0 aliphatic carbocycles. The van der Waals surface area contributed by atoms with Crippen LogP contribution in [0.15, 0.2) is 29.6 Å². The summed E-state index contributed by atoms with van der Waals surface area (Å²) in [5.74, 6) is 2.63. The van der Waals surface area contributed by atoms with Crippen molar-refractivity contribution in [2.24, 2.45) is 0 Å². The van der Waals surface area contributed by atoms with E-state index in [0.29, 0.717) is 11.8 Å². The molecule has 0 radical (unpaired) electrons. The largest absolute Gasteiger partial charge is 0.493 e. The van der Waals surface area contributed by atoms with Crippen LogP contribution in [0.5, 0.6) is 11.5 Å². The number of ether oxygens (including phenoxy) is 2. The minimum absolute atomic E-state index is 0.488. The van der Waals surface area contributed by atoms with E-state index in [-0.39, 0.29) is 0 Å². The summed E-state index contributed by atoms with van der Waals surface area (Å²) in [5, 5.41) is 5.73. The Kier molecular flexibility index (Phi) is 4.17. The van der Waals surface area contributed by atoms with Crippen molar-refractivity contribution in [2.75, 3.05) is 27.3 Å². The zero-order chi connectivity index (χ0) is 14.8. The van der Waals surface area contributed by atoms with E-state index in [1.54, 1.807) is 14.2 Å². The first-order chi connectivity index (χ1) is 10.2. The minimum Gasteiger partial charge on any atom is -0.493 e. The molecule has 3 nitrogen and oxygen atoms in total. The number of benzene rings is 1. The first-order valence-electron chi connectivity index (χ1n) is 7.21. The Bertz CT molecular complexity index is 623. The molecule has 2 heterocycles. The Balaban J connectivity index is 1.94. The molecule has 1 aromatic heterocycles. The molecule has 0 spiro atoms. The van der Waals surface area contributed by atoms with E-state index in [1.807, 2.05) is 17.4 Å². The summed E-state index contributed by atoms with van der Waals surface area (Å²) in [5.41, 5.74) is 2.72. The summed E-state index contributed by atoms with van der Waals surface area (Å²) in [6.45, 7) is 4.26. The monoisotopic (exact) mass is 303 g/mol. The topological polar surface area (TPSA) is 30.5 Å². The van der Waals surface area contributed by atoms with Gasteiger partial charge in [-0.3, -0.25) is 0 Å². The van der Waals surface area contributed by atoms with Crippen LogP contribution in [0.1, 0.15) is 27.8 Å². The van der Waals surface area contributed by atoms with Crippen molar-refractivity contribution in [3.8, 4) is 11.5 Å². The lowest BCUT2D eigenvalue weighted by Crippen LogP contribution is -2.09. The molecule has 112 valence electrons. The molecule has 4 heteroatoms. The van der Waals surface area contributed by atoms with E-state index in [0.717, 1.165) is 24.6 Å². The van der Waals surface area contributed by atoms with Crippen LogP contribution < -0.4 is 14.8 Å². The molecule has 1 fully saturated rings. The zero-order valence-corrected chi connectivity index (χ0v) is 13.5. The second-order valence-electron chi connectivity index (χ2n) is 5.45. The van der Waals surface area contributed by atoms with Crippen LogP contribution in [0.25, 0.3) is 0 Å². The fourth-order valence-electron chi connectivity index (χ4n) is 3.15. The summed E-state index contributed by atoms with van der Waals surface area (Å²) in [7, 11) is 3.36. The third-order valence-electron chi connectivity index (χ3n) is 4.29. The second kappa shape index (κ2) is 6.08. The van der Waals surface area contributed by atoms with E-state index in [9.17, 15) is 0 Å². The molecule has 1 N–H and O–H groups in total. The van der Waals surface area contributed by atoms with Crippen molar-refractivity contribution in [3.63, 3.8) is 0 Å². The molecule has 3 rings (SSSR count). The predicted octanol–water partition coefficient (Wildman–Crippen LogP) is 3.54. The smallest absolute Gasteiger partial charge is 0.160 e. The highest BCUT2D eigenvalue weighted by molar-refractivity contribution is 7.10. The minimum atomic E-state index is 0.488. The van der Waals surface area contributed by atoms with Gasteiger partial charge in [0.1, 0.15) is 0 Å². The Morgan fingerprint density at radius 1 is 1.05 bits per heavy atom. The Morgan fingerprint density at radius 3 is 2.48 bits per heavy atom. The van der Waals surface area contributed by atoms with E-state index >= 15 is 0 Å². The van der Waals surface area contributed by atoms with Gasteiger partial charge < -0.3 is 14.8 Å². The predicted molar refractivity (Wildman–Crippen MR) is 87.0 cm³/mol. The lowest BCUT2D eigenvalue weighted by atomic mass is 9.86. The lowest BCUT2D eigenvalue weighted by molar-refractivity contribution is 0.354. The van der Waals surface area contributed by atoms with Gasteiger partial charge in [-0.25, -0.2) is 0 Å². The van der Waals surface area contributed by atoms with Gasteiger partial charge in [-0.2, -0.15) is 0 Å². The van der Waals surface area contributed by atoms with Crippen molar-refractivity contribution in [1.82, 2.24) is 5.32 Å². The Morgan fingerprint density at radius 2 is 1.81 bits per heavy atom. The van der Waals surface area contributed by atoms with Crippen LogP contribution in [-0.2, 0) is 0 Å². The van der Waals surface area contributed by atoms with Crippen LogP contribution in [0.4, 0.5) is 0 Å². The molecule has 0 unspecified atom stereocenters. The van der Waals surface area contributed by atoms with Crippen LogP contribution in [0, 0.1) is 6.92 Å². The third-order valence-corrected chi connectivity index (χ3v) is 5.44. The van der Waals surface area contributed by atoms with Gasteiger partial charge in [-0.05, 0) is 41.6 Å². The van der Waals surface area contributed by atoms with Gasteiger partial charge in [-0.15, -0.1) is 11.3 Å². The molecule has 2 aromatic rings. The number of hydrogen-bond donors (Lipinski definition) is 1. The lowest BCUT2D eigenvalue weighted by Gasteiger charge is -2.20. The molecule has 1 aliphatic heterocycles. The average molecular weight is 303 g/mol. The number of thiophene rings is 1. The number of aryl methyl sites for hydroxylation is 1. The van der Waals surface area contributed by atoms with Crippen molar-refractivity contribution >= 4 is 11.3 Å². The van der Waals surface area contributed by atoms with E-state index in [2.05, 4.69) is 35.8 Å². The summed E-state index contributed by atoms with van der Waals surface area (Å²) in [4.78, 5) is 1.50. The molecule has 1 saturated heterocycles. The van der Waals surface area contributed by atoms with Crippen molar-refractivity contribution in [3.05, 3.63) is 45.6 Å². The molecule has 0 bridgehead atoms. The number of nitrogens with one attached hydrogen (secondary N) is 1. The SMILES string of the molecule is COc1ccc([C@H]2CNC[C@@H]2c2sccc2C)cc1OC. The third kappa shape index (κ3) is 2.65. The standard InChI is InChI=1S/C17H21NO2S/c1-11-6-7-21-17(11)14-10-18-9-13(14)12-4-5-15(19-2)16(8-12)20-3/h4-8,13-14,18H,9-10H2,1-3H3/t13-,14+/m1/s1. The van der Waals surface area contributed by atoms with Gasteiger partial charge in [0.2, 0.25) is 0 Å². The summed E-state index contributed by atoms with van der Waals surface area (Å²) >= 11 is 1.87. The molecular formula is C17H21NO2S. The Hall–Kier alpha value is -1.52. The van der Waals surface area contributed by atoms with Gasteiger partial charge in [0.15, 0.2) is 11.5 Å². The van der Waals surface area contributed by atoms with Gasteiger partial charge in [-0.1, -0.05) is 6.07 Å². The van der Waals surface area contributed by atoms with Gasteiger partial charge in [0, 0.05) is 29.8 Å². The van der Waals surface area contributed by atoms with Crippen LogP contribution in [0.3, 0.4) is 0 Å². The highest BCUT2D eigenvalue weighted by Gasteiger charge is 2.31. The highest BCUT2D eigenvalue weighted by Crippen LogP contribution is 2.41. The number of methoxy groups -OCH3 is 2. The zero-order valence-electron chi connectivity index (χ0n) is 12.7. The highest BCUT2D eigenvalue weighted by atomic mass is 32.1. The molecular weight excluding hydrogens is 282 g/mol. The summed E-state index contributed by atoms with van der Waals surface area (Å²) < 4.78 is 10.8. The van der Waals surface area contributed by atoms with Gasteiger partial charge in [0.05, 0.1) is 14.2 Å².